The van der Waals surface area contributed by atoms with Crippen molar-refractivity contribution in [3.63, 3.8) is 0 Å². The van der Waals surface area contributed by atoms with Gasteiger partial charge >= 0.3 is 5.31 Å². The van der Waals surface area contributed by atoms with Crippen LogP contribution in [0.15, 0.2) is 96.8 Å². The largest absolute Gasteiger partial charge is 0.425 e. The van der Waals surface area contributed by atoms with Crippen molar-refractivity contribution in [2.24, 2.45) is 0 Å². The molecule has 0 bridgehead atoms. The summed E-state index contributed by atoms with van der Waals surface area (Å²) in [6, 6.07) is 27.4. The Morgan fingerprint density at radius 1 is 0.938 bits per heavy atom. The summed E-state index contributed by atoms with van der Waals surface area (Å²) in [5.41, 5.74) is 2.11. The maximum absolute atomic E-state index is 13.1. The Hall–Kier alpha value is -2.94. The van der Waals surface area contributed by atoms with Gasteiger partial charge in [0.1, 0.15) is 12.0 Å². The molecule has 3 aromatic rings. The number of hydrogen-bond acceptors (Lipinski definition) is 7. The zero-order chi connectivity index (χ0) is 22.7. The van der Waals surface area contributed by atoms with E-state index in [0.29, 0.717) is 12.2 Å². The Balaban J connectivity index is 1.77. The van der Waals surface area contributed by atoms with Crippen LogP contribution in [0.3, 0.4) is 0 Å². The molecule has 0 aromatic heterocycles. The molecule has 0 heterocycles. The minimum absolute atomic E-state index is 0.0612. The second kappa shape index (κ2) is 12.2. The molecule has 6 nitrogen and oxygen atoms in total. The van der Waals surface area contributed by atoms with Gasteiger partial charge in [-0.15, -0.1) is 0 Å². The summed E-state index contributed by atoms with van der Waals surface area (Å²) in [7, 11) is 1.30. The molecule has 1 atom stereocenters. The number of methoxy groups -OCH3 is 1. The predicted octanol–water partition coefficient (Wildman–Crippen LogP) is 5.58. The van der Waals surface area contributed by atoms with Crippen LogP contribution in [0.5, 0.6) is 0 Å². The Bertz CT molecular complexity index is 989. The highest BCUT2D eigenvalue weighted by Gasteiger charge is 2.38. The van der Waals surface area contributed by atoms with Crippen molar-refractivity contribution >= 4 is 23.9 Å². The molecule has 0 spiro atoms. The molecule has 1 unspecified atom stereocenters. The van der Waals surface area contributed by atoms with E-state index in [1.807, 2.05) is 66.7 Å². The van der Waals surface area contributed by atoms with Gasteiger partial charge in [-0.2, -0.15) is 0 Å². The summed E-state index contributed by atoms with van der Waals surface area (Å²) >= 11 is 0.175. The molecule has 7 heteroatoms. The molecule has 3 rings (SSSR count). The van der Waals surface area contributed by atoms with Crippen LogP contribution in [0, 0.1) is 0 Å². The summed E-state index contributed by atoms with van der Waals surface area (Å²) in [5.74, 6) is -0.451. The number of ether oxygens (including phenoxy) is 4. The standard InChI is InChI=1S/C25H24O6S/c1-28-25(32-27,30-19-29-18-21-13-7-3-8-14-21)31-23(17-20-11-5-2-6-12-20)24(26)22-15-9-4-10-16-22/h2-17,27H,18-19H2,1H3/b23-17+. The highest BCUT2D eigenvalue weighted by Crippen LogP contribution is 2.31. The van der Waals surface area contributed by atoms with E-state index >= 15 is 0 Å². The molecule has 3 aromatic carbocycles. The maximum atomic E-state index is 13.1. The molecular weight excluding hydrogens is 428 g/mol. The molecule has 0 aliphatic rings. The Labute approximate surface area is 191 Å². The molecule has 0 aliphatic heterocycles. The van der Waals surface area contributed by atoms with Crippen molar-refractivity contribution < 1.29 is 28.3 Å². The number of benzene rings is 3. The normalized spacial score (nSPS) is 13.4. The maximum Gasteiger partial charge on any atom is 0.410 e. The zero-order valence-electron chi connectivity index (χ0n) is 17.5. The van der Waals surface area contributed by atoms with Crippen LogP contribution >= 0.6 is 12.0 Å². The third-order valence-electron chi connectivity index (χ3n) is 4.38. The molecule has 0 saturated carbocycles. The van der Waals surface area contributed by atoms with Crippen LogP contribution in [-0.4, -0.2) is 29.5 Å². The lowest BCUT2D eigenvalue weighted by Crippen LogP contribution is -2.36. The first kappa shape index (κ1) is 23.7. The van der Waals surface area contributed by atoms with Gasteiger partial charge in [-0.1, -0.05) is 91.0 Å². The number of carbonyl (C=O) groups excluding carboxylic acids is 1. The quantitative estimate of drug-likeness (QED) is 0.0960. The molecule has 1 N–H and O–H groups in total. The minimum Gasteiger partial charge on any atom is -0.425 e. The van der Waals surface area contributed by atoms with E-state index in [2.05, 4.69) is 0 Å². The summed E-state index contributed by atoms with van der Waals surface area (Å²) < 4.78 is 32.1. The van der Waals surface area contributed by atoms with Gasteiger partial charge in [-0.25, -0.2) is 0 Å². The molecule has 32 heavy (non-hydrogen) atoms. The summed E-state index contributed by atoms with van der Waals surface area (Å²) in [5, 5.41) is -2.00. The first-order valence-electron chi connectivity index (χ1n) is 9.84. The molecular formula is C25H24O6S. The van der Waals surface area contributed by atoms with Crippen molar-refractivity contribution in [3.8, 4) is 0 Å². The van der Waals surface area contributed by atoms with Gasteiger partial charge in [0.25, 0.3) is 0 Å². The predicted molar refractivity (Wildman–Crippen MR) is 123 cm³/mol. The van der Waals surface area contributed by atoms with Crippen LogP contribution < -0.4 is 0 Å². The van der Waals surface area contributed by atoms with Crippen LogP contribution in [0.25, 0.3) is 6.08 Å². The van der Waals surface area contributed by atoms with E-state index in [-0.39, 0.29) is 24.6 Å². The van der Waals surface area contributed by atoms with E-state index in [1.165, 1.54) is 7.11 Å². The van der Waals surface area contributed by atoms with Crippen LogP contribution in [0.2, 0.25) is 0 Å². The van der Waals surface area contributed by atoms with Crippen molar-refractivity contribution in [1.82, 2.24) is 0 Å². The van der Waals surface area contributed by atoms with E-state index in [4.69, 9.17) is 18.9 Å². The van der Waals surface area contributed by atoms with Gasteiger partial charge in [0, 0.05) is 12.7 Å². The van der Waals surface area contributed by atoms with Crippen molar-refractivity contribution in [1.29, 1.82) is 0 Å². The van der Waals surface area contributed by atoms with Gasteiger partial charge in [0.2, 0.25) is 5.78 Å². The third kappa shape index (κ3) is 6.78. The van der Waals surface area contributed by atoms with Gasteiger partial charge < -0.3 is 18.8 Å². The fraction of sp³-hybridized carbons (Fsp3) is 0.160. The van der Waals surface area contributed by atoms with Crippen molar-refractivity contribution in [2.75, 3.05) is 13.9 Å². The average molecular weight is 453 g/mol. The van der Waals surface area contributed by atoms with Crippen LogP contribution in [0.4, 0.5) is 0 Å². The fourth-order valence-electron chi connectivity index (χ4n) is 2.77. The molecule has 0 aliphatic carbocycles. The second-order valence-corrected chi connectivity index (χ2v) is 7.29. The number of Topliss-reactive ketones (excluding diaryl/α,β-unsaturated/α-hetero) is 1. The van der Waals surface area contributed by atoms with Gasteiger partial charge in [0.05, 0.1) is 6.61 Å². The molecule has 0 fully saturated rings. The van der Waals surface area contributed by atoms with Gasteiger partial charge in [0.15, 0.2) is 12.6 Å². The van der Waals surface area contributed by atoms with Crippen LogP contribution in [-0.2, 0) is 25.6 Å². The Morgan fingerprint density at radius 2 is 1.53 bits per heavy atom. The van der Waals surface area contributed by atoms with Gasteiger partial charge in [-0.3, -0.25) is 9.53 Å². The Morgan fingerprint density at radius 3 is 2.12 bits per heavy atom. The summed E-state index contributed by atoms with van der Waals surface area (Å²) in [6.07, 6.45) is 1.56. The van der Waals surface area contributed by atoms with Crippen molar-refractivity contribution in [2.45, 2.75) is 11.9 Å². The van der Waals surface area contributed by atoms with Gasteiger partial charge in [-0.05, 0) is 17.2 Å². The highest BCUT2D eigenvalue weighted by molar-refractivity contribution is 7.94. The minimum atomic E-state index is -2.00. The number of hydrogen-bond donors (Lipinski definition) is 1. The number of allylic oxidation sites excluding steroid dienone is 1. The van der Waals surface area contributed by atoms with Crippen molar-refractivity contribution in [3.05, 3.63) is 113 Å². The number of carbonyl (C=O) groups is 1. The Kier molecular flexibility index (Phi) is 9.03. The third-order valence-corrected chi connectivity index (χ3v) is 4.98. The summed E-state index contributed by atoms with van der Waals surface area (Å²) in [4.78, 5) is 13.1. The fourth-order valence-corrected chi connectivity index (χ4v) is 3.07. The lowest BCUT2D eigenvalue weighted by molar-refractivity contribution is -0.317. The molecule has 166 valence electrons. The number of ketones is 1. The SMILES string of the molecule is COC(OCOCc1ccccc1)(O/C(=C/c1ccccc1)C(=O)c1ccccc1)SO. The highest BCUT2D eigenvalue weighted by atomic mass is 32.2. The first-order chi connectivity index (χ1) is 15.7. The average Bonchev–Trinajstić information content (AvgIpc) is 2.86. The van der Waals surface area contributed by atoms with E-state index < -0.39 is 11.1 Å². The molecule has 0 saturated heterocycles. The molecule has 0 radical (unpaired) electrons. The monoisotopic (exact) mass is 452 g/mol. The smallest absolute Gasteiger partial charge is 0.410 e. The number of rotatable bonds is 12. The molecule has 0 amide bonds. The van der Waals surface area contributed by atoms with E-state index in [9.17, 15) is 9.35 Å². The lowest BCUT2D eigenvalue weighted by Gasteiger charge is -2.29. The lowest BCUT2D eigenvalue weighted by atomic mass is 10.1. The van der Waals surface area contributed by atoms with E-state index in [0.717, 1.165) is 11.1 Å². The van der Waals surface area contributed by atoms with E-state index in [1.54, 1.807) is 30.3 Å². The summed E-state index contributed by atoms with van der Waals surface area (Å²) in [6.45, 7) is 0.0564. The van der Waals surface area contributed by atoms with Crippen LogP contribution in [0.1, 0.15) is 21.5 Å². The first-order valence-corrected chi connectivity index (χ1v) is 10.6. The topological polar surface area (TPSA) is 74.2 Å². The zero-order valence-corrected chi connectivity index (χ0v) is 18.4. The second-order valence-electron chi connectivity index (χ2n) is 6.61.